The number of ether oxygens (including phenoxy) is 1. The van der Waals surface area contributed by atoms with Crippen LogP contribution in [0, 0.1) is 0 Å². The number of halogens is 1. The number of carboxylic acid groups (broad SMARTS) is 1. The standard InChI is InChI=1S/C11H13BrO4S/c12-9-2-1-3-10(8-9)16-5-7-17(15)6-4-11(13)14/h1-3,8H,4-7H2,(H,13,14). The van der Waals surface area contributed by atoms with E-state index in [2.05, 4.69) is 15.9 Å². The van der Waals surface area contributed by atoms with E-state index in [1.54, 1.807) is 0 Å². The smallest absolute Gasteiger partial charge is 0.304 e. The highest BCUT2D eigenvalue weighted by molar-refractivity contribution is 9.10. The summed E-state index contributed by atoms with van der Waals surface area (Å²) in [5, 5.41) is 8.43. The highest BCUT2D eigenvalue weighted by Crippen LogP contribution is 2.17. The van der Waals surface area contributed by atoms with Crippen molar-refractivity contribution in [2.75, 3.05) is 18.1 Å². The molecule has 0 aliphatic heterocycles. The van der Waals surface area contributed by atoms with Crippen LogP contribution in [0.3, 0.4) is 0 Å². The molecule has 1 atom stereocenters. The third kappa shape index (κ3) is 6.43. The maximum Gasteiger partial charge on any atom is 0.304 e. The Morgan fingerprint density at radius 1 is 1.41 bits per heavy atom. The maximum absolute atomic E-state index is 11.4. The van der Waals surface area contributed by atoms with Crippen LogP contribution in [0.15, 0.2) is 28.7 Å². The molecule has 17 heavy (non-hydrogen) atoms. The molecule has 1 unspecified atom stereocenters. The average Bonchev–Trinajstić information content (AvgIpc) is 2.26. The van der Waals surface area contributed by atoms with Gasteiger partial charge in [-0.05, 0) is 18.2 Å². The lowest BCUT2D eigenvalue weighted by atomic mass is 10.3. The summed E-state index contributed by atoms with van der Waals surface area (Å²) in [6, 6.07) is 7.36. The van der Waals surface area contributed by atoms with Crippen molar-refractivity contribution < 1.29 is 18.8 Å². The van der Waals surface area contributed by atoms with E-state index >= 15 is 0 Å². The first-order chi connectivity index (χ1) is 8.08. The minimum atomic E-state index is -1.14. The van der Waals surface area contributed by atoms with E-state index in [1.807, 2.05) is 24.3 Å². The molecule has 0 spiro atoms. The van der Waals surface area contributed by atoms with Crippen molar-refractivity contribution in [2.45, 2.75) is 6.42 Å². The molecule has 6 heteroatoms. The number of benzene rings is 1. The van der Waals surface area contributed by atoms with Crippen LogP contribution in [0.1, 0.15) is 6.42 Å². The minimum Gasteiger partial charge on any atom is -0.493 e. The van der Waals surface area contributed by atoms with Gasteiger partial charge in [-0.15, -0.1) is 0 Å². The second kappa shape index (κ2) is 7.45. The third-order valence-electron chi connectivity index (χ3n) is 1.92. The molecule has 4 nitrogen and oxygen atoms in total. The van der Waals surface area contributed by atoms with E-state index < -0.39 is 16.8 Å². The highest BCUT2D eigenvalue weighted by atomic mass is 79.9. The fraction of sp³-hybridized carbons (Fsp3) is 0.364. The highest BCUT2D eigenvalue weighted by Gasteiger charge is 2.04. The van der Waals surface area contributed by atoms with Crippen LogP contribution in [0.5, 0.6) is 5.75 Å². The van der Waals surface area contributed by atoms with Crippen LogP contribution in [-0.4, -0.2) is 33.4 Å². The van der Waals surface area contributed by atoms with Crippen molar-refractivity contribution >= 4 is 32.7 Å². The Morgan fingerprint density at radius 3 is 2.82 bits per heavy atom. The van der Waals surface area contributed by atoms with Crippen LogP contribution in [-0.2, 0) is 15.6 Å². The monoisotopic (exact) mass is 320 g/mol. The lowest BCUT2D eigenvalue weighted by Crippen LogP contribution is -2.13. The fourth-order valence-corrected chi connectivity index (χ4v) is 2.37. The number of rotatable bonds is 7. The molecule has 94 valence electrons. The number of aliphatic carboxylic acids is 1. The van der Waals surface area contributed by atoms with Gasteiger partial charge in [-0.2, -0.15) is 0 Å². The van der Waals surface area contributed by atoms with E-state index in [-0.39, 0.29) is 12.2 Å². The topological polar surface area (TPSA) is 63.6 Å². The SMILES string of the molecule is O=C(O)CCS(=O)CCOc1cccc(Br)c1. The first-order valence-electron chi connectivity index (χ1n) is 5.03. The van der Waals surface area contributed by atoms with Gasteiger partial charge in [0.15, 0.2) is 0 Å². The molecule has 0 radical (unpaired) electrons. The molecule has 0 heterocycles. The van der Waals surface area contributed by atoms with Gasteiger partial charge in [0, 0.05) is 21.0 Å². The van der Waals surface area contributed by atoms with Crippen molar-refractivity contribution in [3.8, 4) is 5.75 Å². The predicted molar refractivity (Wildman–Crippen MR) is 69.8 cm³/mol. The Labute approximate surface area is 111 Å². The zero-order valence-electron chi connectivity index (χ0n) is 9.10. The molecule has 0 bridgehead atoms. The summed E-state index contributed by atoms with van der Waals surface area (Å²) in [4.78, 5) is 10.3. The van der Waals surface area contributed by atoms with Crippen LogP contribution in [0.25, 0.3) is 0 Å². The molecular formula is C11H13BrO4S. The second-order valence-corrected chi connectivity index (χ2v) is 5.91. The van der Waals surface area contributed by atoms with Gasteiger partial charge in [0.05, 0.1) is 18.8 Å². The molecule has 1 N–H and O–H groups in total. The predicted octanol–water partition coefficient (Wildman–Crippen LogP) is 2.05. The molecule has 0 aromatic heterocycles. The van der Waals surface area contributed by atoms with Crippen molar-refractivity contribution in [1.29, 1.82) is 0 Å². The molecule has 0 fully saturated rings. The zero-order valence-corrected chi connectivity index (χ0v) is 11.5. The molecule has 0 aliphatic rings. The van der Waals surface area contributed by atoms with Gasteiger partial charge < -0.3 is 9.84 Å². The third-order valence-corrected chi connectivity index (χ3v) is 3.69. The van der Waals surface area contributed by atoms with Crippen molar-refractivity contribution in [3.63, 3.8) is 0 Å². The molecule has 0 amide bonds. The molecular weight excluding hydrogens is 308 g/mol. The largest absolute Gasteiger partial charge is 0.493 e. The Balaban J connectivity index is 2.23. The Hall–Kier alpha value is -0.880. The summed E-state index contributed by atoms with van der Waals surface area (Å²) in [5.74, 6) is 0.303. The van der Waals surface area contributed by atoms with Crippen molar-refractivity contribution in [1.82, 2.24) is 0 Å². The quantitative estimate of drug-likeness (QED) is 0.835. The summed E-state index contributed by atoms with van der Waals surface area (Å²) in [6.07, 6.45) is -0.0660. The summed E-state index contributed by atoms with van der Waals surface area (Å²) in [5.41, 5.74) is 0. The second-order valence-electron chi connectivity index (χ2n) is 3.30. The van der Waals surface area contributed by atoms with E-state index in [1.165, 1.54) is 0 Å². The van der Waals surface area contributed by atoms with Gasteiger partial charge >= 0.3 is 5.97 Å². The average molecular weight is 321 g/mol. The minimum absolute atomic E-state index is 0.0660. The zero-order chi connectivity index (χ0) is 12.7. The molecule has 1 aromatic carbocycles. The van der Waals surface area contributed by atoms with E-state index in [4.69, 9.17) is 9.84 Å². The van der Waals surface area contributed by atoms with Crippen molar-refractivity contribution in [3.05, 3.63) is 28.7 Å². The summed E-state index contributed by atoms with van der Waals surface area (Å²) in [6.45, 7) is 0.322. The van der Waals surface area contributed by atoms with Gasteiger partial charge in [0.2, 0.25) is 0 Å². The lowest BCUT2D eigenvalue weighted by Gasteiger charge is -2.05. The molecule has 0 saturated heterocycles. The van der Waals surface area contributed by atoms with Gasteiger partial charge in [-0.3, -0.25) is 9.00 Å². The van der Waals surface area contributed by atoms with E-state index in [0.717, 1.165) is 4.47 Å². The maximum atomic E-state index is 11.4. The Morgan fingerprint density at radius 2 is 2.18 bits per heavy atom. The lowest BCUT2D eigenvalue weighted by molar-refractivity contribution is -0.136. The Bertz CT molecular complexity index is 408. The van der Waals surface area contributed by atoms with Crippen LogP contribution < -0.4 is 4.74 Å². The van der Waals surface area contributed by atoms with Crippen LogP contribution >= 0.6 is 15.9 Å². The van der Waals surface area contributed by atoms with Gasteiger partial charge in [-0.25, -0.2) is 0 Å². The van der Waals surface area contributed by atoms with Crippen LogP contribution in [0.4, 0.5) is 0 Å². The number of carboxylic acids is 1. The summed E-state index contributed by atoms with van der Waals surface area (Å²) >= 11 is 3.32. The Kier molecular flexibility index (Phi) is 6.21. The number of hydrogen-bond donors (Lipinski definition) is 1. The van der Waals surface area contributed by atoms with Crippen LogP contribution in [0.2, 0.25) is 0 Å². The first kappa shape index (κ1) is 14.2. The normalized spacial score (nSPS) is 12.1. The van der Waals surface area contributed by atoms with Gasteiger partial charge in [0.25, 0.3) is 0 Å². The molecule has 1 aromatic rings. The van der Waals surface area contributed by atoms with Gasteiger partial charge in [0.1, 0.15) is 5.75 Å². The van der Waals surface area contributed by atoms with Crippen molar-refractivity contribution in [2.24, 2.45) is 0 Å². The first-order valence-corrected chi connectivity index (χ1v) is 7.31. The number of hydrogen-bond acceptors (Lipinski definition) is 3. The molecule has 1 rings (SSSR count). The molecule has 0 saturated carbocycles. The number of carbonyl (C=O) groups is 1. The van der Waals surface area contributed by atoms with Gasteiger partial charge in [-0.1, -0.05) is 22.0 Å². The van der Waals surface area contributed by atoms with E-state index in [9.17, 15) is 9.00 Å². The van der Waals surface area contributed by atoms with E-state index in [0.29, 0.717) is 18.1 Å². The molecule has 0 aliphatic carbocycles. The fourth-order valence-electron chi connectivity index (χ4n) is 1.11. The summed E-state index contributed by atoms with van der Waals surface area (Å²) < 4.78 is 17.7. The summed E-state index contributed by atoms with van der Waals surface area (Å²) in [7, 11) is -1.14.